The van der Waals surface area contributed by atoms with E-state index in [1.165, 1.54) is 37.7 Å². The molecule has 1 aliphatic carbocycles. The molecule has 0 radical (unpaired) electrons. The first-order valence-corrected chi connectivity index (χ1v) is 11.1. The number of anilines is 1. The summed E-state index contributed by atoms with van der Waals surface area (Å²) in [7, 11) is 0. The van der Waals surface area contributed by atoms with Gasteiger partial charge in [-0.2, -0.15) is 0 Å². The van der Waals surface area contributed by atoms with Crippen LogP contribution >= 0.6 is 0 Å². The van der Waals surface area contributed by atoms with E-state index in [0.717, 1.165) is 62.0 Å². The SMILES string of the molecule is Cc1ccc(-c2ccc(N3CCN(C(=O)CCC4CCCCC4)CC3)nn2)cc1. The molecule has 5 heteroatoms. The maximum atomic E-state index is 12.6. The van der Waals surface area contributed by atoms with Crippen molar-refractivity contribution in [2.24, 2.45) is 5.92 Å². The number of nitrogens with zero attached hydrogens (tertiary/aromatic N) is 4. The summed E-state index contributed by atoms with van der Waals surface area (Å²) in [5, 5.41) is 8.86. The van der Waals surface area contributed by atoms with Crippen molar-refractivity contribution in [2.45, 2.75) is 51.9 Å². The fourth-order valence-corrected chi connectivity index (χ4v) is 4.52. The molecule has 0 N–H and O–H groups in total. The number of hydrogen-bond acceptors (Lipinski definition) is 4. The monoisotopic (exact) mass is 392 g/mol. The summed E-state index contributed by atoms with van der Waals surface area (Å²) in [6, 6.07) is 12.4. The Morgan fingerprint density at radius 1 is 0.931 bits per heavy atom. The number of aryl methyl sites for hydroxylation is 1. The van der Waals surface area contributed by atoms with Crippen molar-refractivity contribution in [1.82, 2.24) is 15.1 Å². The quantitative estimate of drug-likeness (QED) is 0.754. The number of aromatic nitrogens is 2. The van der Waals surface area contributed by atoms with Crippen LogP contribution in [-0.4, -0.2) is 47.2 Å². The Bertz CT molecular complexity index is 789. The van der Waals surface area contributed by atoms with E-state index in [1.54, 1.807) is 0 Å². The minimum absolute atomic E-state index is 0.330. The van der Waals surface area contributed by atoms with Crippen LogP contribution in [0, 0.1) is 12.8 Å². The summed E-state index contributed by atoms with van der Waals surface area (Å²) < 4.78 is 0. The molecule has 1 amide bonds. The molecule has 2 fully saturated rings. The van der Waals surface area contributed by atoms with Crippen LogP contribution in [-0.2, 0) is 4.79 Å². The molecule has 29 heavy (non-hydrogen) atoms. The molecular weight excluding hydrogens is 360 g/mol. The minimum Gasteiger partial charge on any atom is -0.352 e. The Hall–Kier alpha value is -2.43. The summed E-state index contributed by atoms with van der Waals surface area (Å²) in [5.41, 5.74) is 3.22. The van der Waals surface area contributed by atoms with Gasteiger partial charge in [0.15, 0.2) is 5.82 Å². The summed E-state index contributed by atoms with van der Waals surface area (Å²) in [5.74, 6) is 2.00. The maximum absolute atomic E-state index is 12.6. The van der Waals surface area contributed by atoms with Gasteiger partial charge >= 0.3 is 0 Å². The van der Waals surface area contributed by atoms with Crippen LogP contribution in [0.1, 0.15) is 50.5 Å². The molecule has 1 aromatic carbocycles. The molecule has 0 bridgehead atoms. The highest BCUT2D eigenvalue weighted by Gasteiger charge is 2.23. The van der Waals surface area contributed by atoms with Crippen LogP contribution < -0.4 is 4.90 Å². The van der Waals surface area contributed by atoms with E-state index in [2.05, 4.69) is 46.3 Å². The average Bonchev–Trinajstić information content (AvgIpc) is 2.79. The molecule has 5 nitrogen and oxygen atoms in total. The Balaban J connectivity index is 1.26. The molecule has 1 saturated carbocycles. The zero-order valence-corrected chi connectivity index (χ0v) is 17.5. The number of carbonyl (C=O) groups excluding carboxylic acids is 1. The number of carbonyl (C=O) groups is 1. The van der Waals surface area contributed by atoms with E-state index in [-0.39, 0.29) is 0 Å². The summed E-state index contributed by atoms with van der Waals surface area (Å²) in [4.78, 5) is 16.9. The number of benzene rings is 1. The number of piperazine rings is 1. The van der Waals surface area contributed by atoms with Gasteiger partial charge in [-0.05, 0) is 31.4 Å². The second-order valence-electron chi connectivity index (χ2n) is 8.55. The second-order valence-corrected chi connectivity index (χ2v) is 8.55. The van der Waals surface area contributed by atoms with Gasteiger partial charge in [0.25, 0.3) is 0 Å². The molecule has 154 valence electrons. The van der Waals surface area contributed by atoms with Crippen LogP contribution in [0.3, 0.4) is 0 Å². The van der Waals surface area contributed by atoms with Gasteiger partial charge in [0, 0.05) is 38.2 Å². The fourth-order valence-electron chi connectivity index (χ4n) is 4.52. The molecule has 0 spiro atoms. The van der Waals surface area contributed by atoms with E-state index in [0.29, 0.717) is 5.91 Å². The number of hydrogen-bond donors (Lipinski definition) is 0. The van der Waals surface area contributed by atoms with Gasteiger partial charge in [0.2, 0.25) is 5.91 Å². The summed E-state index contributed by atoms with van der Waals surface area (Å²) in [6.45, 7) is 5.30. The molecule has 2 heterocycles. The molecule has 2 aromatic rings. The molecule has 4 rings (SSSR count). The average molecular weight is 393 g/mol. The highest BCUT2D eigenvalue weighted by Crippen LogP contribution is 2.27. The lowest BCUT2D eigenvalue weighted by atomic mass is 9.86. The van der Waals surface area contributed by atoms with Crippen molar-refractivity contribution in [3.05, 3.63) is 42.0 Å². The Kier molecular flexibility index (Phi) is 6.43. The first kappa shape index (κ1) is 19.9. The van der Waals surface area contributed by atoms with Gasteiger partial charge in [-0.15, -0.1) is 10.2 Å². The fraction of sp³-hybridized carbons (Fsp3) is 0.542. The van der Waals surface area contributed by atoms with Crippen molar-refractivity contribution < 1.29 is 4.79 Å². The Morgan fingerprint density at radius 3 is 2.31 bits per heavy atom. The van der Waals surface area contributed by atoms with E-state index in [4.69, 9.17) is 0 Å². The summed E-state index contributed by atoms with van der Waals surface area (Å²) >= 11 is 0. The molecule has 1 aromatic heterocycles. The minimum atomic E-state index is 0.330. The second kappa shape index (κ2) is 9.38. The standard InChI is InChI=1S/C24H32N4O/c1-19-7-10-21(11-8-19)22-12-13-23(26-25-22)27-15-17-28(18-16-27)24(29)14-9-20-5-3-2-4-6-20/h7-8,10-13,20H,2-6,9,14-18H2,1H3. The lowest BCUT2D eigenvalue weighted by molar-refractivity contribution is -0.131. The predicted octanol–water partition coefficient (Wildman–Crippen LogP) is 4.46. The van der Waals surface area contributed by atoms with Gasteiger partial charge < -0.3 is 9.80 Å². The van der Waals surface area contributed by atoms with Crippen LogP contribution in [0.4, 0.5) is 5.82 Å². The first-order valence-electron chi connectivity index (χ1n) is 11.1. The van der Waals surface area contributed by atoms with Gasteiger partial charge in [-0.3, -0.25) is 4.79 Å². The zero-order valence-electron chi connectivity index (χ0n) is 17.5. The smallest absolute Gasteiger partial charge is 0.222 e. The topological polar surface area (TPSA) is 49.3 Å². The highest BCUT2D eigenvalue weighted by molar-refractivity contribution is 5.76. The largest absolute Gasteiger partial charge is 0.352 e. The van der Waals surface area contributed by atoms with Crippen molar-refractivity contribution in [3.63, 3.8) is 0 Å². The lowest BCUT2D eigenvalue weighted by Gasteiger charge is -2.35. The lowest BCUT2D eigenvalue weighted by Crippen LogP contribution is -2.49. The third-order valence-corrected chi connectivity index (χ3v) is 6.45. The summed E-state index contributed by atoms with van der Waals surface area (Å²) in [6.07, 6.45) is 8.50. The molecule has 1 saturated heterocycles. The zero-order chi connectivity index (χ0) is 20.1. The number of rotatable bonds is 5. The van der Waals surface area contributed by atoms with E-state index in [9.17, 15) is 4.79 Å². The van der Waals surface area contributed by atoms with Crippen molar-refractivity contribution >= 4 is 11.7 Å². The van der Waals surface area contributed by atoms with Crippen LogP contribution in [0.5, 0.6) is 0 Å². The predicted molar refractivity (Wildman–Crippen MR) is 117 cm³/mol. The van der Waals surface area contributed by atoms with Crippen molar-refractivity contribution in [1.29, 1.82) is 0 Å². The maximum Gasteiger partial charge on any atom is 0.222 e. The highest BCUT2D eigenvalue weighted by atomic mass is 16.2. The van der Waals surface area contributed by atoms with E-state index < -0.39 is 0 Å². The van der Waals surface area contributed by atoms with Crippen LogP contribution in [0.25, 0.3) is 11.3 Å². The molecule has 0 atom stereocenters. The van der Waals surface area contributed by atoms with Crippen LogP contribution in [0.2, 0.25) is 0 Å². The Labute approximate surface area is 174 Å². The molecule has 2 aliphatic rings. The van der Waals surface area contributed by atoms with Crippen LogP contribution in [0.15, 0.2) is 36.4 Å². The molecule has 0 unspecified atom stereocenters. The number of amides is 1. The van der Waals surface area contributed by atoms with Gasteiger partial charge in [-0.25, -0.2) is 0 Å². The Morgan fingerprint density at radius 2 is 1.66 bits per heavy atom. The third kappa shape index (κ3) is 5.14. The van der Waals surface area contributed by atoms with Gasteiger partial charge in [0.1, 0.15) is 0 Å². The van der Waals surface area contributed by atoms with Crippen molar-refractivity contribution in [2.75, 3.05) is 31.1 Å². The van der Waals surface area contributed by atoms with Gasteiger partial charge in [-0.1, -0.05) is 61.9 Å². The molecular formula is C24H32N4O. The van der Waals surface area contributed by atoms with Crippen molar-refractivity contribution in [3.8, 4) is 11.3 Å². The molecule has 1 aliphatic heterocycles. The first-order chi connectivity index (χ1) is 14.2. The van der Waals surface area contributed by atoms with E-state index >= 15 is 0 Å². The normalized spacial score (nSPS) is 18.1. The van der Waals surface area contributed by atoms with Gasteiger partial charge in [0.05, 0.1) is 5.69 Å². The third-order valence-electron chi connectivity index (χ3n) is 6.45. The van der Waals surface area contributed by atoms with E-state index in [1.807, 2.05) is 17.0 Å².